The van der Waals surface area contributed by atoms with Gasteiger partial charge in [0.2, 0.25) is 0 Å². The van der Waals surface area contributed by atoms with Gasteiger partial charge < -0.3 is 20.7 Å². The van der Waals surface area contributed by atoms with Crippen LogP contribution in [0.15, 0.2) is 54.9 Å². The number of carbonyl (C=O) groups excluding carboxylic acids is 1. The highest BCUT2D eigenvalue weighted by molar-refractivity contribution is 7.22. The zero-order valence-electron chi connectivity index (χ0n) is 20.2. The lowest BCUT2D eigenvalue weighted by atomic mass is 10.2. The quantitative estimate of drug-likeness (QED) is 0.344. The Balaban J connectivity index is 1.17. The fourth-order valence-electron chi connectivity index (χ4n) is 4.37. The molecule has 0 spiro atoms. The number of nitrogens with one attached hydrogen (secondary N) is 2. The van der Waals surface area contributed by atoms with E-state index in [1.54, 1.807) is 18.3 Å². The van der Waals surface area contributed by atoms with Crippen molar-refractivity contribution in [2.45, 2.75) is 25.4 Å². The van der Waals surface area contributed by atoms with Gasteiger partial charge in [-0.3, -0.25) is 14.9 Å². The summed E-state index contributed by atoms with van der Waals surface area (Å²) in [6.45, 7) is 5.41. The second-order valence-electron chi connectivity index (χ2n) is 9.45. The molecule has 2 amide bonds. The van der Waals surface area contributed by atoms with Crippen molar-refractivity contribution in [1.82, 2.24) is 20.2 Å². The highest BCUT2D eigenvalue weighted by Crippen LogP contribution is 2.39. The molecule has 1 saturated carbocycles. The van der Waals surface area contributed by atoms with Crippen molar-refractivity contribution >= 4 is 33.3 Å². The van der Waals surface area contributed by atoms with E-state index < -0.39 is 5.82 Å². The van der Waals surface area contributed by atoms with Crippen molar-refractivity contribution in [1.29, 1.82) is 0 Å². The number of thiophene rings is 1. The summed E-state index contributed by atoms with van der Waals surface area (Å²) < 4.78 is 21.6. The van der Waals surface area contributed by atoms with Gasteiger partial charge in [-0.05, 0) is 42.7 Å². The van der Waals surface area contributed by atoms with Gasteiger partial charge in [0, 0.05) is 55.9 Å². The van der Waals surface area contributed by atoms with Crippen molar-refractivity contribution in [3.63, 3.8) is 0 Å². The first-order valence-corrected chi connectivity index (χ1v) is 13.4. The van der Waals surface area contributed by atoms with Crippen LogP contribution in [0.5, 0.6) is 11.5 Å². The molecule has 2 fully saturated rings. The van der Waals surface area contributed by atoms with E-state index in [0.717, 1.165) is 66.4 Å². The van der Waals surface area contributed by atoms with Gasteiger partial charge in [-0.25, -0.2) is 9.18 Å². The first kappa shape index (κ1) is 23.8. The van der Waals surface area contributed by atoms with Crippen molar-refractivity contribution in [3.05, 3.63) is 66.2 Å². The van der Waals surface area contributed by atoms with Gasteiger partial charge in [-0.2, -0.15) is 0 Å². The van der Waals surface area contributed by atoms with Crippen LogP contribution >= 0.6 is 11.3 Å². The maximum atomic E-state index is 14.8. The van der Waals surface area contributed by atoms with Crippen LogP contribution in [0.1, 0.15) is 18.4 Å². The van der Waals surface area contributed by atoms with E-state index in [1.165, 1.54) is 29.0 Å². The van der Waals surface area contributed by atoms with Crippen LogP contribution in [0.2, 0.25) is 0 Å². The number of quaternary nitrogens is 1. The normalized spacial score (nSPS) is 16.0. The van der Waals surface area contributed by atoms with E-state index in [2.05, 4.69) is 31.9 Å². The minimum absolute atomic E-state index is 0.0772. The van der Waals surface area contributed by atoms with E-state index in [-0.39, 0.29) is 17.8 Å². The summed E-state index contributed by atoms with van der Waals surface area (Å²) in [6.07, 6.45) is 5.56. The molecule has 2 aliphatic rings. The number of hydrogen-bond acceptors (Lipinski definition) is 6. The molecule has 1 aromatic carbocycles. The fourth-order valence-corrected chi connectivity index (χ4v) is 5.41. The summed E-state index contributed by atoms with van der Waals surface area (Å²) >= 11 is 1.51. The number of amides is 2. The molecule has 6 rings (SSSR count). The Bertz CT molecular complexity index is 1420. The lowest BCUT2D eigenvalue weighted by Crippen LogP contribution is -2.89. The van der Waals surface area contributed by atoms with Crippen LogP contribution in [0.25, 0.3) is 20.8 Å². The maximum absolute atomic E-state index is 14.8. The number of nitrogens with zero attached hydrogens (tertiary/aromatic N) is 3. The number of hydrogen-bond donors (Lipinski definition) is 3. The number of benzene rings is 1. The standard InChI is InChI=1S/C27H27FN6O2S/c28-20-13-19(33-27(35)32-18-2-3-18)4-6-23(20)36-24-7-8-30-22-14-25(37-26(22)24)21-5-1-17(15-31-21)16-34-11-9-29-10-12-34/h1,4-8,13-15,18,29H,2-3,9-12,16H2,(H2,32,33,35)/p+1. The molecular formula is C27H28FN6O2S+. The summed E-state index contributed by atoms with van der Waals surface area (Å²) in [6, 6.07) is 12.2. The topological polar surface area (TPSA) is 96.0 Å². The number of anilines is 1. The molecule has 0 atom stereocenters. The number of carbonyl (C=O) groups is 1. The Morgan fingerprint density at radius 2 is 1.97 bits per heavy atom. The zero-order chi connectivity index (χ0) is 25.2. The molecule has 10 heteroatoms. The molecule has 0 unspecified atom stereocenters. The Labute approximate surface area is 217 Å². The molecule has 4 aromatic rings. The predicted octanol–water partition coefficient (Wildman–Crippen LogP) is 3.95. The molecule has 0 bridgehead atoms. The van der Waals surface area contributed by atoms with Crippen LogP contribution in [0.3, 0.4) is 0 Å². The zero-order valence-corrected chi connectivity index (χ0v) is 21.1. The molecule has 1 aliphatic carbocycles. The van der Waals surface area contributed by atoms with Crippen molar-refractivity contribution < 1.29 is 19.2 Å². The second kappa shape index (κ2) is 10.4. The van der Waals surface area contributed by atoms with Gasteiger partial charge in [0.25, 0.3) is 0 Å². The van der Waals surface area contributed by atoms with Crippen LogP contribution in [-0.4, -0.2) is 53.1 Å². The van der Waals surface area contributed by atoms with Crippen molar-refractivity contribution in [2.24, 2.45) is 0 Å². The molecule has 8 nitrogen and oxygen atoms in total. The number of halogens is 1. The average Bonchev–Trinajstić information content (AvgIpc) is 3.60. The molecule has 37 heavy (non-hydrogen) atoms. The van der Waals surface area contributed by atoms with E-state index >= 15 is 0 Å². The molecule has 3 aromatic heterocycles. The molecule has 1 saturated heterocycles. The van der Waals surface area contributed by atoms with E-state index in [4.69, 9.17) is 9.72 Å². The maximum Gasteiger partial charge on any atom is 0.319 e. The Morgan fingerprint density at radius 3 is 2.73 bits per heavy atom. The molecule has 4 heterocycles. The smallest absolute Gasteiger partial charge is 0.319 e. The number of fused-ring (bicyclic) bond motifs is 1. The number of nitrogens with two attached hydrogens (primary N) is 1. The summed E-state index contributed by atoms with van der Waals surface area (Å²) in [5, 5.41) is 7.82. The van der Waals surface area contributed by atoms with Gasteiger partial charge in [-0.15, -0.1) is 11.3 Å². The number of piperazine rings is 1. The lowest BCUT2D eigenvalue weighted by Gasteiger charge is -2.24. The van der Waals surface area contributed by atoms with Gasteiger partial charge in [-0.1, -0.05) is 6.07 Å². The van der Waals surface area contributed by atoms with Gasteiger partial charge in [0.1, 0.15) is 5.75 Å². The highest BCUT2D eigenvalue weighted by atomic mass is 32.1. The second-order valence-corrected chi connectivity index (χ2v) is 10.5. The first-order valence-electron chi connectivity index (χ1n) is 12.5. The highest BCUT2D eigenvalue weighted by Gasteiger charge is 2.23. The van der Waals surface area contributed by atoms with Crippen molar-refractivity contribution in [2.75, 3.05) is 31.5 Å². The summed E-state index contributed by atoms with van der Waals surface area (Å²) in [4.78, 5) is 24.5. The Hall–Kier alpha value is -3.60. The predicted molar refractivity (Wildman–Crippen MR) is 141 cm³/mol. The number of ether oxygens (including phenoxy) is 1. The van der Waals surface area contributed by atoms with Crippen LogP contribution in [0.4, 0.5) is 14.9 Å². The van der Waals surface area contributed by atoms with Gasteiger partial charge in [0.15, 0.2) is 11.6 Å². The number of urea groups is 1. The summed E-state index contributed by atoms with van der Waals surface area (Å²) in [5.74, 6) is 0.0362. The lowest BCUT2D eigenvalue weighted by molar-refractivity contribution is -0.663. The molecule has 1 aliphatic heterocycles. The third-order valence-corrected chi connectivity index (χ3v) is 7.64. The molecule has 190 valence electrons. The summed E-state index contributed by atoms with van der Waals surface area (Å²) in [5.41, 5.74) is 3.21. The first-order chi connectivity index (χ1) is 18.1. The SMILES string of the molecule is O=C(Nc1ccc(Oc2ccnc3cc(-c4ccc(CN5CC[NH2+]CC5)cn4)sc23)c(F)c1)NC1CC1. The largest absolute Gasteiger partial charge is 0.453 e. The number of pyridine rings is 2. The molecular weight excluding hydrogens is 491 g/mol. The van der Waals surface area contributed by atoms with Gasteiger partial charge >= 0.3 is 6.03 Å². The number of aromatic nitrogens is 2. The van der Waals surface area contributed by atoms with Crippen LogP contribution in [0, 0.1) is 5.82 Å². The molecule has 0 radical (unpaired) electrons. The monoisotopic (exact) mass is 519 g/mol. The third kappa shape index (κ3) is 5.71. The minimum atomic E-state index is -0.560. The van der Waals surface area contributed by atoms with E-state index in [9.17, 15) is 9.18 Å². The van der Waals surface area contributed by atoms with Crippen molar-refractivity contribution in [3.8, 4) is 22.1 Å². The minimum Gasteiger partial charge on any atom is -0.453 e. The van der Waals surface area contributed by atoms with Crippen LogP contribution < -0.4 is 20.7 Å². The molecule has 4 N–H and O–H groups in total. The Morgan fingerprint density at radius 1 is 1.11 bits per heavy atom. The Kier molecular flexibility index (Phi) is 6.69. The van der Waals surface area contributed by atoms with E-state index in [1.807, 2.05) is 18.3 Å². The fraction of sp³-hybridized carbons (Fsp3) is 0.296. The average molecular weight is 520 g/mol. The van der Waals surface area contributed by atoms with Gasteiger partial charge in [0.05, 0.1) is 33.9 Å². The summed E-state index contributed by atoms with van der Waals surface area (Å²) in [7, 11) is 0. The van der Waals surface area contributed by atoms with E-state index in [0.29, 0.717) is 11.4 Å². The van der Waals surface area contributed by atoms with Crippen LogP contribution in [-0.2, 0) is 6.54 Å². The number of rotatable bonds is 7. The third-order valence-electron chi connectivity index (χ3n) is 6.48.